The van der Waals surface area contributed by atoms with Crippen LogP contribution in [0.4, 0.5) is 4.79 Å². The summed E-state index contributed by atoms with van der Waals surface area (Å²) in [6.07, 6.45) is 2.49. The molecule has 17 heavy (non-hydrogen) atoms. The second-order valence-electron chi connectivity index (χ2n) is 4.22. The summed E-state index contributed by atoms with van der Waals surface area (Å²) in [5.41, 5.74) is 0. The van der Waals surface area contributed by atoms with Gasteiger partial charge in [0.2, 0.25) is 0 Å². The Hall–Kier alpha value is -1.04. The maximum atomic E-state index is 11.3. The van der Waals surface area contributed by atoms with Crippen molar-refractivity contribution in [1.29, 1.82) is 0 Å². The standard InChI is InChI=1S/C11H17BrN2O3/c1-7(12)5-13-11(17)14-6-8-3-2-4-9(8)10(15)16/h8-9H,1-6H2,(H,15,16)(H2,13,14,17). The Balaban J connectivity index is 2.27. The lowest BCUT2D eigenvalue weighted by Crippen LogP contribution is -2.40. The normalized spacial score (nSPS) is 23.1. The molecule has 0 heterocycles. The van der Waals surface area contributed by atoms with E-state index in [2.05, 4.69) is 33.1 Å². The molecule has 3 N–H and O–H groups in total. The molecule has 0 spiro atoms. The van der Waals surface area contributed by atoms with E-state index >= 15 is 0 Å². The third-order valence-electron chi connectivity index (χ3n) is 2.94. The van der Waals surface area contributed by atoms with E-state index in [1.165, 1.54) is 0 Å². The second-order valence-corrected chi connectivity index (χ2v) is 5.34. The van der Waals surface area contributed by atoms with Crippen molar-refractivity contribution in [2.75, 3.05) is 13.1 Å². The van der Waals surface area contributed by atoms with Crippen LogP contribution in [0.15, 0.2) is 11.1 Å². The van der Waals surface area contributed by atoms with Crippen LogP contribution >= 0.6 is 15.9 Å². The van der Waals surface area contributed by atoms with E-state index in [0.717, 1.165) is 12.8 Å². The minimum absolute atomic E-state index is 0.0467. The summed E-state index contributed by atoms with van der Waals surface area (Å²) in [5.74, 6) is -1.03. The molecular formula is C11H17BrN2O3. The van der Waals surface area contributed by atoms with E-state index in [4.69, 9.17) is 5.11 Å². The van der Waals surface area contributed by atoms with Crippen LogP contribution in [0.3, 0.4) is 0 Å². The number of aliphatic carboxylic acids is 1. The molecule has 2 atom stereocenters. The molecule has 0 bridgehead atoms. The molecule has 2 unspecified atom stereocenters. The molecule has 1 fully saturated rings. The fourth-order valence-corrected chi connectivity index (χ4v) is 2.21. The fourth-order valence-electron chi connectivity index (χ4n) is 2.07. The van der Waals surface area contributed by atoms with Crippen molar-refractivity contribution in [3.63, 3.8) is 0 Å². The molecule has 1 aliphatic rings. The number of rotatable bonds is 5. The third-order valence-corrected chi connectivity index (χ3v) is 3.22. The lowest BCUT2D eigenvalue weighted by molar-refractivity contribution is -0.142. The monoisotopic (exact) mass is 304 g/mol. The smallest absolute Gasteiger partial charge is 0.315 e. The number of halogens is 1. The maximum absolute atomic E-state index is 11.3. The van der Waals surface area contributed by atoms with Crippen LogP contribution in [0.2, 0.25) is 0 Å². The van der Waals surface area contributed by atoms with Crippen LogP contribution in [0.25, 0.3) is 0 Å². The summed E-state index contributed by atoms with van der Waals surface area (Å²) < 4.78 is 0.692. The molecule has 0 aromatic rings. The van der Waals surface area contributed by atoms with Crippen molar-refractivity contribution in [2.45, 2.75) is 19.3 Å². The van der Waals surface area contributed by atoms with E-state index in [1.807, 2.05) is 0 Å². The summed E-state index contributed by atoms with van der Waals surface area (Å²) in [6, 6.07) is -0.290. The van der Waals surface area contributed by atoms with Crippen LogP contribution in [0, 0.1) is 11.8 Å². The van der Waals surface area contributed by atoms with E-state index in [-0.39, 0.29) is 17.9 Å². The molecule has 0 aromatic heterocycles. The molecule has 1 rings (SSSR count). The van der Waals surface area contributed by atoms with Gasteiger partial charge in [0.1, 0.15) is 0 Å². The molecule has 1 saturated carbocycles. The highest BCUT2D eigenvalue weighted by Gasteiger charge is 2.32. The quantitative estimate of drug-likeness (QED) is 0.723. The zero-order valence-electron chi connectivity index (χ0n) is 9.54. The zero-order valence-corrected chi connectivity index (χ0v) is 11.1. The number of amides is 2. The Labute approximate surface area is 109 Å². The first kappa shape index (κ1) is 14.0. The van der Waals surface area contributed by atoms with Crippen LogP contribution in [0.1, 0.15) is 19.3 Å². The molecule has 5 nitrogen and oxygen atoms in total. The summed E-state index contributed by atoms with van der Waals surface area (Å²) >= 11 is 3.13. The molecule has 96 valence electrons. The minimum atomic E-state index is -0.761. The van der Waals surface area contributed by atoms with Gasteiger partial charge in [0.25, 0.3) is 0 Å². The first-order chi connectivity index (χ1) is 8.00. The number of carboxylic acids is 1. The van der Waals surface area contributed by atoms with E-state index in [1.54, 1.807) is 0 Å². The first-order valence-corrected chi connectivity index (χ1v) is 6.37. The molecule has 0 aliphatic heterocycles. The van der Waals surface area contributed by atoms with Crippen molar-refractivity contribution in [3.8, 4) is 0 Å². The number of carboxylic acid groups (broad SMARTS) is 1. The van der Waals surface area contributed by atoms with Crippen molar-refractivity contribution in [2.24, 2.45) is 11.8 Å². The number of hydrogen-bond donors (Lipinski definition) is 3. The number of hydrogen-bond acceptors (Lipinski definition) is 2. The van der Waals surface area contributed by atoms with Crippen LogP contribution < -0.4 is 10.6 Å². The van der Waals surface area contributed by atoms with Gasteiger partial charge < -0.3 is 15.7 Å². The average Bonchev–Trinajstić information content (AvgIpc) is 2.71. The molecule has 1 aliphatic carbocycles. The van der Waals surface area contributed by atoms with Gasteiger partial charge in [0.15, 0.2) is 0 Å². The highest BCUT2D eigenvalue weighted by Crippen LogP contribution is 2.31. The van der Waals surface area contributed by atoms with Gasteiger partial charge >= 0.3 is 12.0 Å². The van der Waals surface area contributed by atoms with Crippen LogP contribution in [0.5, 0.6) is 0 Å². The molecule has 2 amide bonds. The van der Waals surface area contributed by atoms with Crippen LogP contribution in [-0.2, 0) is 4.79 Å². The number of carbonyl (C=O) groups is 2. The van der Waals surface area contributed by atoms with Gasteiger partial charge in [-0.2, -0.15) is 0 Å². The molecule has 0 saturated heterocycles. The van der Waals surface area contributed by atoms with E-state index in [9.17, 15) is 9.59 Å². The van der Waals surface area contributed by atoms with Crippen LogP contribution in [-0.4, -0.2) is 30.2 Å². The molecule has 0 radical (unpaired) electrons. The third kappa shape index (κ3) is 4.77. The number of carbonyl (C=O) groups excluding carboxylic acids is 1. The Bertz CT molecular complexity index is 320. The summed E-state index contributed by atoms with van der Waals surface area (Å²) in [5, 5.41) is 14.3. The van der Waals surface area contributed by atoms with Crippen molar-refractivity contribution >= 4 is 27.9 Å². The summed E-state index contributed by atoms with van der Waals surface area (Å²) in [4.78, 5) is 22.3. The summed E-state index contributed by atoms with van der Waals surface area (Å²) in [6.45, 7) is 4.37. The topological polar surface area (TPSA) is 78.4 Å². The Morgan fingerprint density at radius 3 is 2.65 bits per heavy atom. The first-order valence-electron chi connectivity index (χ1n) is 5.58. The Morgan fingerprint density at radius 1 is 1.35 bits per heavy atom. The second kappa shape index (κ2) is 6.64. The van der Waals surface area contributed by atoms with E-state index in [0.29, 0.717) is 24.0 Å². The summed E-state index contributed by atoms with van der Waals surface area (Å²) in [7, 11) is 0. The number of nitrogens with one attached hydrogen (secondary N) is 2. The van der Waals surface area contributed by atoms with Gasteiger partial charge in [-0.3, -0.25) is 4.79 Å². The Morgan fingerprint density at radius 2 is 2.06 bits per heavy atom. The van der Waals surface area contributed by atoms with Gasteiger partial charge in [-0.1, -0.05) is 28.9 Å². The number of urea groups is 1. The van der Waals surface area contributed by atoms with Gasteiger partial charge in [-0.15, -0.1) is 0 Å². The van der Waals surface area contributed by atoms with Crippen molar-refractivity contribution < 1.29 is 14.7 Å². The predicted molar refractivity (Wildman–Crippen MR) is 67.9 cm³/mol. The van der Waals surface area contributed by atoms with Crippen molar-refractivity contribution in [3.05, 3.63) is 11.1 Å². The van der Waals surface area contributed by atoms with Gasteiger partial charge in [0.05, 0.1) is 12.5 Å². The molecule has 0 aromatic carbocycles. The molecular weight excluding hydrogens is 288 g/mol. The maximum Gasteiger partial charge on any atom is 0.315 e. The lowest BCUT2D eigenvalue weighted by atomic mass is 9.96. The highest BCUT2D eigenvalue weighted by atomic mass is 79.9. The van der Waals surface area contributed by atoms with Crippen molar-refractivity contribution in [1.82, 2.24) is 10.6 Å². The zero-order chi connectivity index (χ0) is 12.8. The van der Waals surface area contributed by atoms with Gasteiger partial charge in [-0.25, -0.2) is 4.79 Å². The van der Waals surface area contributed by atoms with Gasteiger partial charge in [-0.05, 0) is 18.8 Å². The average molecular weight is 305 g/mol. The SMILES string of the molecule is C=C(Br)CNC(=O)NCC1CCCC1C(=O)O. The Kier molecular flexibility index (Phi) is 5.47. The predicted octanol–water partition coefficient (Wildman–Crippen LogP) is 1.70. The van der Waals surface area contributed by atoms with E-state index < -0.39 is 5.97 Å². The fraction of sp³-hybridized carbons (Fsp3) is 0.636. The lowest BCUT2D eigenvalue weighted by Gasteiger charge is -2.16. The molecule has 6 heteroatoms. The minimum Gasteiger partial charge on any atom is -0.481 e. The van der Waals surface area contributed by atoms with Gasteiger partial charge in [0, 0.05) is 11.0 Å². The highest BCUT2D eigenvalue weighted by molar-refractivity contribution is 9.11. The largest absolute Gasteiger partial charge is 0.481 e.